The van der Waals surface area contributed by atoms with Crippen molar-refractivity contribution in [2.24, 2.45) is 5.92 Å². The molecule has 29 heavy (non-hydrogen) atoms. The lowest BCUT2D eigenvalue weighted by Gasteiger charge is -2.24. The van der Waals surface area contributed by atoms with Crippen molar-refractivity contribution in [2.75, 3.05) is 18.4 Å². The fraction of sp³-hybridized carbons (Fsp3) is 0.273. The van der Waals surface area contributed by atoms with E-state index in [4.69, 9.17) is 5.26 Å². The Bertz CT molecular complexity index is 1040. The summed E-state index contributed by atoms with van der Waals surface area (Å²) >= 11 is 0. The number of anilines is 1. The average molecular weight is 386 g/mol. The van der Waals surface area contributed by atoms with Crippen molar-refractivity contribution in [3.05, 3.63) is 66.1 Å². The van der Waals surface area contributed by atoms with Gasteiger partial charge >= 0.3 is 0 Å². The number of carbonyl (C=O) groups is 1. The fourth-order valence-corrected chi connectivity index (χ4v) is 3.65. The summed E-state index contributed by atoms with van der Waals surface area (Å²) in [6.45, 7) is 1.78. The molecule has 1 atom stereocenters. The van der Waals surface area contributed by atoms with Crippen LogP contribution >= 0.6 is 0 Å². The standard InChI is InChI=1S/C22H22N6O/c23-14-18-7-4-9-24-20(18)25-10-11-26-22(29)17-8-12-28-19(13-17)15-27-21(28)16-5-2-1-3-6-16/h1-7,9,15,17H,8,10-13H2,(H,24,25)(H,26,29). The van der Waals surface area contributed by atoms with Crippen molar-refractivity contribution in [3.8, 4) is 17.5 Å². The summed E-state index contributed by atoms with van der Waals surface area (Å²) in [4.78, 5) is 21.3. The highest BCUT2D eigenvalue weighted by Crippen LogP contribution is 2.27. The predicted molar refractivity (Wildman–Crippen MR) is 110 cm³/mol. The number of nitriles is 1. The molecule has 2 N–H and O–H groups in total. The number of benzene rings is 1. The molecule has 146 valence electrons. The molecule has 0 bridgehead atoms. The van der Waals surface area contributed by atoms with Gasteiger partial charge in [0.05, 0.1) is 5.56 Å². The third-order valence-electron chi connectivity index (χ3n) is 5.14. The molecular weight excluding hydrogens is 364 g/mol. The molecule has 7 heteroatoms. The zero-order valence-electron chi connectivity index (χ0n) is 16.0. The maximum atomic E-state index is 12.6. The summed E-state index contributed by atoms with van der Waals surface area (Å²) in [7, 11) is 0. The molecule has 1 unspecified atom stereocenters. The van der Waals surface area contributed by atoms with Crippen molar-refractivity contribution in [2.45, 2.75) is 19.4 Å². The zero-order valence-corrected chi connectivity index (χ0v) is 16.0. The number of fused-ring (bicyclic) bond motifs is 1. The summed E-state index contributed by atoms with van der Waals surface area (Å²) in [5, 5.41) is 15.2. The van der Waals surface area contributed by atoms with Gasteiger partial charge in [0.2, 0.25) is 5.91 Å². The SMILES string of the molecule is N#Cc1cccnc1NCCNC(=O)C1CCn2c(cnc2-c2ccccc2)C1. The van der Waals surface area contributed by atoms with Gasteiger partial charge in [-0.2, -0.15) is 5.26 Å². The summed E-state index contributed by atoms with van der Waals surface area (Å²) in [6.07, 6.45) is 5.00. The molecule has 0 fully saturated rings. The van der Waals surface area contributed by atoms with Crippen molar-refractivity contribution in [3.63, 3.8) is 0 Å². The fourth-order valence-electron chi connectivity index (χ4n) is 3.65. The van der Waals surface area contributed by atoms with Crippen LogP contribution in [0.3, 0.4) is 0 Å². The minimum absolute atomic E-state index is 0.0488. The Hall–Kier alpha value is -3.66. The lowest BCUT2D eigenvalue weighted by atomic mass is 9.95. The van der Waals surface area contributed by atoms with Crippen LogP contribution in [0.2, 0.25) is 0 Å². The highest BCUT2D eigenvalue weighted by atomic mass is 16.1. The first-order valence-electron chi connectivity index (χ1n) is 9.73. The molecule has 4 rings (SSSR count). The Morgan fingerprint density at radius 2 is 2.03 bits per heavy atom. The number of nitrogens with one attached hydrogen (secondary N) is 2. The van der Waals surface area contributed by atoms with Crippen LogP contribution < -0.4 is 10.6 Å². The number of hydrogen-bond acceptors (Lipinski definition) is 5. The molecule has 0 radical (unpaired) electrons. The van der Waals surface area contributed by atoms with Crippen LogP contribution in [0.25, 0.3) is 11.4 Å². The van der Waals surface area contributed by atoms with Crippen molar-refractivity contribution in [1.82, 2.24) is 19.9 Å². The van der Waals surface area contributed by atoms with E-state index < -0.39 is 0 Å². The highest BCUT2D eigenvalue weighted by molar-refractivity contribution is 5.79. The second kappa shape index (κ2) is 8.57. The number of aromatic nitrogens is 3. The summed E-state index contributed by atoms with van der Waals surface area (Å²) in [6, 6.07) is 15.7. The largest absolute Gasteiger partial charge is 0.367 e. The van der Waals surface area contributed by atoms with Gasteiger partial charge in [-0.3, -0.25) is 4.79 Å². The first-order valence-corrected chi connectivity index (χ1v) is 9.73. The molecule has 0 saturated heterocycles. The number of pyridine rings is 1. The zero-order chi connectivity index (χ0) is 20.1. The van der Waals surface area contributed by atoms with Gasteiger partial charge in [0.1, 0.15) is 17.7 Å². The van der Waals surface area contributed by atoms with Crippen LogP contribution in [0, 0.1) is 17.2 Å². The first kappa shape index (κ1) is 18.7. The smallest absolute Gasteiger partial charge is 0.223 e. The molecule has 1 aromatic carbocycles. The predicted octanol–water partition coefficient (Wildman–Crippen LogP) is 2.61. The van der Waals surface area contributed by atoms with Gasteiger partial charge in [0.15, 0.2) is 0 Å². The molecule has 0 saturated carbocycles. The molecule has 0 aliphatic carbocycles. The van der Waals surface area contributed by atoms with Gasteiger partial charge in [0.25, 0.3) is 0 Å². The molecule has 3 aromatic rings. The van der Waals surface area contributed by atoms with Crippen LogP contribution in [0.4, 0.5) is 5.82 Å². The summed E-state index contributed by atoms with van der Waals surface area (Å²) in [5.41, 5.74) is 2.69. The Labute approximate surface area is 169 Å². The number of nitrogens with zero attached hydrogens (tertiary/aromatic N) is 4. The second-order valence-electron chi connectivity index (χ2n) is 7.01. The van der Waals surface area contributed by atoms with Gasteiger partial charge in [0, 0.05) is 55.6 Å². The van der Waals surface area contributed by atoms with Crippen LogP contribution in [0.15, 0.2) is 54.9 Å². The first-order chi connectivity index (χ1) is 14.3. The maximum absolute atomic E-state index is 12.6. The van der Waals surface area contributed by atoms with E-state index in [2.05, 4.69) is 43.4 Å². The molecule has 1 amide bonds. The minimum atomic E-state index is -0.0488. The quantitative estimate of drug-likeness (QED) is 0.635. The number of carbonyl (C=O) groups excluding carboxylic acids is 1. The Morgan fingerprint density at radius 1 is 1.17 bits per heavy atom. The average Bonchev–Trinajstić information content (AvgIpc) is 3.20. The maximum Gasteiger partial charge on any atom is 0.223 e. The normalized spacial score (nSPS) is 15.2. The van der Waals surface area contributed by atoms with Gasteiger partial charge < -0.3 is 15.2 Å². The van der Waals surface area contributed by atoms with Crippen LogP contribution in [-0.2, 0) is 17.8 Å². The Balaban J connectivity index is 1.30. The summed E-state index contributed by atoms with van der Waals surface area (Å²) in [5.74, 6) is 1.51. The highest BCUT2D eigenvalue weighted by Gasteiger charge is 2.26. The van der Waals surface area contributed by atoms with E-state index in [1.165, 1.54) is 0 Å². The van der Waals surface area contributed by atoms with Gasteiger partial charge in [-0.15, -0.1) is 0 Å². The molecule has 0 spiro atoms. The van der Waals surface area contributed by atoms with E-state index in [0.717, 1.165) is 30.0 Å². The van der Waals surface area contributed by atoms with Gasteiger partial charge in [-0.1, -0.05) is 30.3 Å². The van der Waals surface area contributed by atoms with Crippen molar-refractivity contribution < 1.29 is 4.79 Å². The molecule has 7 nitrogen and oxygen atoms in total. The Morgan fingerprint density at radius 3 is 2.86 bits per heavy atom. The number of rotatable bonds is 6. The van der Waals surface area contributed by atoms with E-state index in [1.54, 1.807) is 18.3 Å². The molecular formula is C22H22N6O. The number of imidazole rings is 1. The van der Waals surface area contributed by atoms with Crippen molar-refractivity contribution >= 4 is 11.7 Å². The molecule has 3 heterocycles. The lowest BCUT2D eigenvalue weighted by molar-refractivity contribution is -0.125. The van der Waals surface area contributed by atoms with E-state index in [1.807, 2.05) is 24.4 Å². The molecule has 2 aromatic heterocycles. The van der Waals surface area contributed by atoms with Crippen LogP contribution in [0.1, 0.15) is 17.7 Å². The lowest BCUT2D eigenvalue weighted by Crippen LogP contribution is -2.37. The molecule has 1 aliphatic heterocycles. The van der Waals surface area contributed by atoms with Crippen LogP contribution in [0.5, 0.6) is 0 Å². The number of hydrogen-bond donors (Lipinski definition) is 2. The topological polar surface area (TPSA) is 95.6 Å². The van der Waals surface area contributed by atoms with Crippen LogP contribution in [-0.4, -0.2) is 33.5 Å². The summed E-state index contributed by atoms with van der Waals surface area (Å²) < 4.78 is 2.21. The van der Waals surface area contributed by atoms with Gasteiger partial charge in [-0.05, 0) is 18.6 Å². The van der Waals surface area contributed by atoms with E-state index in [0.29, 0.717) is 30.9 Å². The van der Waals surface area contributed by atoms with Crippen molar-refractivity contribution in [1.29, 1.82) is 5.26 Å². The van der Waals surface area contributed by atoms with E-state index in [9.17, 15) is 4.79 Å². The third kappa shape index (κ3) is 4.11. The Kier molecular flexibility index (Phi) is 5.52. The molecule has 1 aliphatic rings. The van der Waals surface area contributed by atoms with E-state index >= 15 is 0 Å². The second-order valence-corrected chi connectivity index (χ2v) is 7.01. The number of amides is 1. The van der Waals surface area contributed by atoms with E-state index in [-0.39, 0.29) is 11.8 Å². The van der Waals surface area contributed by atoms with Gasteiger partial charge in [-0.25, -0.2) is 9.97 Å². The third-order valence-corrected chi connectivity index (χ3v) is 5.14. The minimum Gasteiger partial charge on any atom is -0.367 e. The monoisotopic (exact) mass is 386 g/mol.